The average molecular weight is 301 g/mol. The van der Waals surface area contributed by atoms with Crippen LogP contribution < -0.4 is 10.2 Å². The summed E-state index contributed by atoms with van der Waals surface area (Å²) in [6, 6.07) is 10.2. The Kier molecular flexibility index (Phi) is 4.50. The molecule has 1 N–H and O–H groups in total. The Labute approximate surface area is 128 Å². The van der Waals surface area contributed by atoms with Crippen molar-refractivity contribution in [2.45, 2.75) is 25.3 Å². The Bertz CT molecular complexity index is 570. The van der Waals surface area contributed by atoms with Crippen molar-refractivity contribution >= 4 is 23.1 Å². The van der Waals surface area contributed by atoms with Crippen LogP contribution in [0.3, 0.4) is 0 Å². The Morgan fingerprint density at radius 3 is 3.10 bits per heavy atom. The van der Waals surface area contributed by atoms with Crippen LogP contribution in [0.4, 0.5) is 5.82 Å². The average Bonchev–Trinajstić information content (AvgIpc) is 3.01. The number of carbonyl (C=O) groups excluding carboxylic acids is 1. The zero-order valence-electron chi connectivity index (χ0n) is 11.9. The molecule has 4 nitrogen and oxygen atoms in total. The van der Waals surface area contributed by atoms with Crippen LogP contribution in [0, 0.1) is 0 Å². The maximum atomic E-state index is 12.1. The van der Waals surface area contributed by atoms with Gasteiger partial charge in [-0.1, -0.05) is 12.1 Å². The van der Waals surface area contributed by atoms with Gasteiger partial charge in [-0.2, -0.15) is 0 Å². The first-order valence-corrected chi connectivity index (χ1v) is 8.17. The molecular weight excluding hydrogens is 282 g/mol. The summed E-state index contributed by atoms with van der Waals surface area (Å²) >= 11 is 1.63. The summed E-state index contributed by atoms with van der Waals surface area (Å²) < 4.78 is 0. The SMILES string of the molecule is O=C(Cc1cccs1)N[C@@H]1CCCN(c2ccccn2)C1. The molecule has 1 amide bonds. The molecule has 2 aromatic heterocycles. The van der Waals surface area contributed by atoms with E-state index in [2.05, 4.69) is 15.2 Å². The Balaban J connectivity index is 1.55. The third-order valence-corrected chi connectivity index (χ3v) is 4.55. The zero-order valence-corrected chi connectivity index (χ0v) is 12.7. The van der Waals surface area contributed by atoms with Gasteiger partial charge in [-0.25, -0.2) is 4.98 Å². The maximum Gasteiger partial charge on any atom is 0.225 e. The number of hydrogen-bond acceptors (Lipinski definition) is 4. The Hall–Kier alpha value is -1.88. The molecule has 21 heavy (non-hydrogen) atoms. The Morgan fingerprint density at radius 1 is 1.38 bits per heavy atom. The summed E-state index contributed by atoms with van der Waals surface area (Å²) in [4.78, 5) is 19.8. The first kappa shape index (κ1) is 14.1. The van der Waals surface area contributed by atoms with Gasteiger partial charge in [-0.05, 0) is 36.4 Å². The quantitative estimate of drug-likeness (QED) is 0.943. The van der Waals surface area contributed by atoms with Crippen molar-refractivity contribution in [2.24, 2.45) is 0 Å². The van der Waals surface area contributed by atoms with E-state index in [1.54, 1.807) is 11.3 Å². The van der Waals surface area contributed by atoms with Gasteiger partial charge in [0.1, 0.15) is 5.82 Å². The molecule has 0 saturated carbocycles. The van der Waals surface area contributed by atoms with Gasteiger partial charge in [0.15, 0.2) is 0 Å². The van der Waals surface area contributed by atoms with Crippen LogP contribution in [0.15, 0.2) is 41.9 Å². The van der Waals surface area contributed by atoms with Crippen LogP contribution in [0.25, 0.3) is 0 Å². The lowest BCUT2D eigenvalue weighted by Crippen LogP contribution is -2.48. The molecule has 1 aliphatic rings. The monoisotopic (exact) mass is 301 g/mol. The minimum Gasteiger partial charge on any atom is -0.355 e. The standard InChI is InChI=1S/C16H19N3OS/c20-16(11-14-6-4-10-21-14)18-13-5-3-9-19(12-13)15-7-1-2-8-17-15/h1-2,4,6-8,10,13H,3,5,9,11-12H2,(H,18,20)/t13-/m1/s1. The normalized spacial score (nSPS) is 18.5. The number of pyridine rings is 1. The highest BCUT2D eigenvalue weighted by Gasteiger charge is 2.22. The minimum absolute atomic E-state index is 0.116. The lowest BCUT2D eigenvalue weighted by Gasteiger charge is -2.33. The maximum absolute atomic E-state index is 12.1. The molecule has 3 heterocycles. The summed E-state index contributed by atoms with van der Waals surface area (Å²) in [6.45, 7) is 1.85. The highest BCUT2D eigenvalue weighted by molar-refractivity contribution is 7.10. The molecule has 5 heteroatoms. The summed E-state index contributed by atoms with van der Waals surface area (Å²) in [5.41, 5.74) is 0. The molecule has 1 atom stereocenters. The summed E-state index contributed by atoms with van der Waals surface area (Å²) in [7, 11) is 0. The van der Waals surface area contributed by atoms with Gasteiger partial charge in [0.25, 0.3) is 0 Å². The predicted molar refractivity (Wildman–Crippen MR) is 85.6 cm³/mol. The molecule has 2 aromatic rings. The molecule has 1 saturated heterocycles. The first-order chi connectivity index (χ1) is 10.3. The van der Waals surface area contributed by atoms with Crippen molar-refractivity contribution in [2.75, 3.05) is 18.0 Å². The smallest absolute Gasteiger partial charge is 0.225 e. The highest BCUT2D eigenvalue weighted by atomic mass is 32.1. The first-order valence-electron chi connectivity index (χ1n) is 7.29. The van der Waals surface area contributed by atoms with Crippen LogP contribution in [0.2, 0.25) is 0 Å². The fourth-order valence-electron chi connectivity index (χ4n) is 2.69. The number of hydrogen-bond donors (Lipinski definition) is 1. The predicted octanol–water partition coefficient (Wildman–Crippen LogP) is 2.47. The van der Waals surface area contributed by atoms with Crippen molar-refractivity contribution < 1.29 is 4.79 Å². The van der Waals surface area contributed by atoms with Gasteiger partial charge in [-0.3, -0.25) is 4.79 Å². The molecule has 1 fully saturated rings. The van der Waals surface area contributed by atoms with E-state index in [9.17, 15) is 4.79 Å². The summed E-state index contributed by atoms with van der Waals surface area (Å²) in [5.74, 6) is 1.11. The number of thiophene rings is 1. The molecule has 0 aliphatic carbocycles. The zero-order chi connectivity index (χ0) is 14.5. The molecule has 3 rings (SSSR count). The fourth-order valence-corrected chi connectivity index (χ4v) is 3.40. The number of piperidine rings is 1. The van der Waals surface area contributed by atoms with E-state index in [0.29, 0.717) is 6.42 Å². The van der Waals surface area contributed by atoms with Crippen LogP contribution in [0.1, 0.15) is 17.7 Å². The molecule has 0 bridgehead atoms. The molecule has 0 unspecified atom stereocenters. The molecule has 110 valence electrons. The summed E-state index contributed by atoms with van der Waals surface area (Å²) in [5, 5.41) is 5.16. The van der Waals surface area contributed by atoms with E-state index in [1.807, 2.05) is 41.9 Å². The van der Waals surface area contributed by atoms with Gasteiger partial charge in [0.05, 0.1) is 6.42 Å². The third-order valence-electron chi connectivity index (χ3n) is 3.67. The third kappa shape index (κ3) is 3.82. The number of carbonyl (C=O) groups is 1. The number of nitrogens with one attached hydrogen (secondary N) is 1. The van der Waals surface area contributed by atoms with Crippen molar-refractivity contribution in [3.63, 3.8) is 0 Å². The number of aromatic nitrogens is 1. The largest absolute Gasteiger partial charge is 0.355 e. The molecule has 0 radical (unpaired) electrons. The fraction of sp³-hybridized carbons (Fsp3) is 0.375. The Morgan fingerprint density at radius 2 is 2.33 bits per heavy atom. The second kappa shape index (κ2) is 6.72. The number of amides is 1. The van der Waals surface area contributed by atoms with Crippen LogP contribution in [-0.4, -0.2) is 30.0 Å². The minimum atomic E-state index is 0.116. The van der Waals surface area contributed by atoms with Crippen LogP contribution >= 0.6 is 11.3 Å². The second-order valence-corrected chi connectivity index (χ2v) is 6.33. The van der Waals surface area contributed by atoms with Gasteiger partial charge in [-0.15, -0.1) is 11.3 Å². The number of anilines is 1. The van der Waals surface area contributed by atoms with E-state index in [-0.39, 0.29) is 11.9 Å². The summed E-state index contributed by atoms with van der Waals surface area (Å²) in [6.07, 6.45) is 4.42. The number of nitrogens with zero attached hydrogens (tertiary/aromatic N) is 2. The highest BCUT2D eigenvalue weighted by Crippen LogP contribution is 2.17. The molecule has 0 spiro atoms. The van der Waals surface area contributed by atoms with E-state index in [1.165, 1.54) is 0 Å². The van der Waals surface area contributed by atoms with Gasteiger partial charge in [0.2, 0.25) is 5.91 Å². The van der Waals surface area contributed by atoms with Gasteiger partial charge in [0, 0.05) is 30.2 Å². The van der Waals surface area contributed by atoms with E-state index in [4.69, 9.17) is 0 Å². The van der Waals surface area contributed by atoms with Crippen LogP contribution in [-0.2, 0) is 11.2 Å². The lowest BCUT2D eigenvalue weighted by molar-refractivity contribution is -0.121. The number of rotatable bonds is 4. The van der Waals surface area contributed by atoms with E-state index in [0.717, 1.165) is 36.6 Å². The van der Waals surface area contributed by atoms with E-state index >= 15 is 0 Å². The van der Waals surface area contributed by atoms with E-state index < -0.39 is 0 Å². The van der Waals surface area contributed by atoms with Gasteiger partial charge >= 0.3 is 0 Å². The van der Waals surface area contributed by atoms with Crippen molar-refractivity contribution in [3.8, 4) is 0 Å². The second-order valence-electron chi connectivity index (χ2n) is 5.30. The van der Waals surface area contributed by atoms with Crippen molar-refractivity contribution in [1.82, 2.24) is 10.3 Å². The molecule has 1 aliphatic heterocycles. The topological polar surface area (TPSA) is 45.2 Å². The molecular formula is C16H19N3OS. The lowest BCUT2D eigenvalue weighted by atomic mass is 10.1. The van der Waals surface area contributed by atoms with Crippen LogP contribution in [0.5, 0.6) is 0 Å². The van der Waals surface area contributed by atoms with Gasteiger partial charge < -0.3 is 10.2 Å². The van der Waals surface area contributed by atoms with Crippen molar-refractivity contribution in [1.29, 1.82) is 0 Å². The molecule has 0 aromatic carbocycles. The van der Waals surface area contributed by atoms with Crippen molar-refractivity contribution in [3.05, 3.63) is 46.8 Å².